The van der Waals surface area contributed by atoms with Crippen LogP contribution in [-0.4, -0.2) is 32.9 Å². The molecule has 0 radical (unpaired) electrons. The summed E-state index contributed by atoms with van der Waals surface area (Å²) in [7, 11) is 4.62. The number of aromatic nitrogens is 1. The summed E-state index contributed by atoms with van der Waals surface area (Å²) in [6.07, 6.45) is 0.550. The average molecular weight is 336 g/mol. The van der Waals surface area contributed by atoms with Gasteiger partial charge in [0.2, 0.25) is 5.75 Å². The van der Waals surface area contributed by atoms with Crippen molar-refractivity contribution in [1.29, 1.82) is 5.26 Å². The predicted octanol–water partition coefficient (Wildman–Crippen LogP) is 2.73. The third-order valence-electron chi connectivity index (χ3n) is 3.50. The van der Waals surface area contributed by atoms with Gasteiger partial charge in [0.1, 0.15) is 11.8 Å². The summed E-state index contributed by atoms with van der Waals surface area (Å²) < 4.78 is 16.2. The van der Waals surface area contributed by atoms with Crippen molar-refractivity contribution >= 4 is 11.6 Å². The molecule has 0 aliphatic heterocycles. The summed E-state index contributed by atoms with van der Waals surface area (Å²) in [4.78, 5) is 3.02. The Labute approximate surface area is 139 Å². The molecule has 0 aliphatic rings. The Hall–Kier alpha value is -2.36. The lowest BCUT2D eigenvalue weighted by Gasteiger charge is -2.16. The van der Waals surface area contributed by atoms with Gasteiger partial charge in [-0.15, -0.1) is 0 Å². The highest BCUT2D eigenvalue weighted by molar-refractivity contribution is 6.34. The molecule has 0 bridgehead atoms. The second kappa shape index (κ2) is 7.27. The minimum atomic E-state index is 0.293. The number of nitriles is 1. The van der Waals surface area contributed by atoms with Gasteiger partial charge in [-0.1, -0.05) is 11.6 Å². The second-order valence-corrected chi connectivity index (χ2v) is 5.08. The van der Waals surface area contributed by atoms with Crippen molar-refractivity contribution in [2.75, 3.05) is 27.9 Å². The quantitative estimate of drug-likeness (QED) is 0.846. The maximum absolute atomic E-state index is 9.21. The fraction of sp³-hybridized carbons (Fsp3) is 0.312. The molecule has 1 aromatic heterocycles. The fourth-order valence-corrected chi connectivity index (χ4v) is 2.82. The van der Waals surface area contributed by atoms with Crippen LogP contribution in [0.15, 0.2) is 12.1 Å². The maximum atomic E-state index is 9.21. The van der Waals surface area contributed by atoms with Gasteiger partial charge >= 0.3 is 0 Å². The summed E-state index contributed by atoms with van der Waals surface area (Å²) in [6, 6.07) is 5.63. The second-order valence-electron chi connectivity index (χ2n) is 4.70. The van der Waals surface area contributed by atoms with E-state index in [4.69, 9.17) is 31.5 Å². The van der Waals surface area contributed by atoms with Crippen LogP contribution >= 0.6 is 11.6 Å². The van der Waals surface area contributed by atoms with Crippen LogP contribution in [0, 0.1) is 11.3 Å². The lowest BCUT2D eigenvalue weighted by molar-refractivity contribution is 0.325. The molecule has 0 saturated heterocycles. The number of methoxy groups -OCH3 is 3. The molecule has 7 heteroatoms. The number of ether oxygens (including phenoxy) is 3. The number of rotatable bonds is 6. The summed E-state index contributed by atoms with van der Waals surface area (Å²) in [5.41, 5.74) is 8.12. The van der Waals surface area contributed by atoms with Crippen LogP contribution in [0.3, 0.4) is 0 Å². The van der Waals surface area contributed by atoms with E-state index in [2.05, 4.69) is 4.98 Å². The lowest BCUT2D eigenvalue weighted by atomic mass is 10.0. The van der Waals surface area contributed by atoms with Crippen LogP contribution in [0.2, 0.25) is 5.02 Å². The van der Waals surface area contributed by atoms with E-state index in [0.29, 0.717) is 52.1 Å². The number of H-pyrrole nitrogens is 1. The number of nitrogens with zero attached hydrogens (tertiary/aromatic N) is 1. The Morgan fingerprint density at radius 2 is 1.87 bits per heavy atom. The van der Waals surface area contributed by atoms with Crippen LogP contribution < -0.4 is 19.9 Å². The minimum Gasteiger partial charge on any atom is -0.493 e. The number of hydrogen-bond acceptors (Lipinski definition) is 5. The first-order chi connectivity index (χ1) is 11.1. The summed E-state index contributed by atoms with van der Waals surface area (Å²) >= 11 is 6.38. The van der Waals surface area contributed by atoms with E-state index in [-0.39, 0.29) is 0 Å². The normalized spacial score (nSPS) is 10.3. The van der Waals surface area contributed by atoms with Gasteiger partial charge in [0.25, 0.3) is 0 Å². The van der Waals surface area contributed by atoms with Crippen LogP contribution in [-0.2, 0) is 6.42 Å². The van der Waals surface area contributed by atoms with E-state index in [1.165, 1.54) is 14.2 Å². The van der Waals surface area contributed by atoms with E-state index in [1.807, 2.05) is 12.1 Å². The topological polar surface area (TPSA) is 93.3 Å². The van der Waals surface area contributed by atoms with E-state index in [1.54, 1.807) is 13.2 Å². The van der Waals surface area contributed by atoms with Crippen molar-refractivity contribution in [2.45, 2.75) is 6.42 Å². The van der Waals surface area contributed by atoms with Gasteiger partial charge in [-0.3, -0.25) is 0 Å². The lowest BCUT2D eigenvalue weighted by Crippen LogP contribution is -2.04. The maximum Gasteiger partial charge on any atom is 0.203 e. The molecule has 2 rings (SSSR count). The monoisotopic (exact) mass is 335 g/mol. The van der Waals surface area contributed by atoms with Crippen molar-refractivity contribution in [1.82, 2.24) is 4.98 Å². The van der Waals surface area contributed by atoms with Gasteiger partial charge in [-0.2, -0.15) is 5.26 Å². The van der Waals surface area contributed by atoms with Gasteiger partial charge in [0.15, 0.2) is 11.5 Å². The summed E-state index contributed by atoms with van der Waals surface area (Å²) in [6.45, 7) is 0.421. The molecule has 0 saturated carbocycles. The zero-order valence-electron chi connectivity index (χ0n) is 13.2. The van der Waals surface area contributed by atoms with E-state index < -0.39 is 0 Å². The van der Waals surface area contributed by atoms with Gasteiger partial charge in [0.05, 0.1) is 26.4 Å². The van der Waals surface area contributed by atoms with Crippen LogP contribution in [0.4, 0.5) is 0 Å². The van der Waals surface area contributed by atoms with E-state index >= 15 is 0 Å². The average Bonchev–Trinajstić information content (AvgIpc) is 2.89. The fourth-order valence-electron chi connectivity index (χ4n) is 2.51. The third kappa shape index (κ3) is 2.93. The molecular weight excluding hydrogens is 318 g/mol. The van der Waals surface area contributed by atoms with Gasteiger partial charge in [-0.25, -0.2) is 0 Å². The molecular formula is C16H18ClN3O3. The molecule has 0 unspecified atom stereocenters. The highest BCUT2D eigenvalue weighted by atomic mass is 35.5. The van der Waals surface area contributed by atoms with Crippen molar-refractivity contribution in [3.05, 3.63) is 28.5 Å². The van der Waals surface area contributed by atoms with Gasteiger partial charge in [-0.05, 0) is 18.7 Å². The predicted molar refractivity (Wildman–Crippen MR) is 88.4 cm³/mol. The zero-order valence-corrected chi connectivity index (χ0v) is 14.0. The Morgan fingerprint density at radius 1 is 1.17 bits per heavy atom. The highest BCUT2D eigenvalue weighted by Gasteiger charge is 2.24. The molecule has 3 N–H and O–H groups in total. The molecule has 1 aromatic carbocycles. The standard InChI is InChI=1S/C16H18ClN3O3/c1-21-12-5-4-9(15(22-2)16(12)23-3)13-10(6-7-18)20-11(8-19)14(13)17/h4-5,20H,6-7,18H2,1-3H3. The van der Waals surface area contributed by atoms with Crippen LogP contribution in [0.5, 0.6) is 17.2 Å². The summed E-state index contributed by atoms with van der Waals surface area (Å²) in [5.74, 6) is 1.48. The van der Waals surface area contributed by atoms with Crippen LogP contribution in [0.1, 0.15) is 11.4 Å². The molecule has 1 heterocycles. The van der Waals surface area contributed by atoms with Gasteiger partial charge < -0.3 is 24.9 Å². The number of nitrogens with two attached hydrogens (primary N) is 1. The van der Waals surface area contributed by atoms with Crippen molar-refractivity contribution in [3.63, 3.8) is 0 Å². The highest BCUT2D eigenvalue weighted by Crippen LogP contribution is 2.47. The van der Waals surface area contributed by atoms with Crippen molar-refractivity contribution in [3.8, 4) is 34.4 Å². The van der Waals surface area contributed by atoms with Crippen molar-refractivity contribution in [2.24, 2.45) is 5.73 Å². The molecule has 122 valence electrons. The molecule has 23 heavy (non-hydrogen) atoms. The largest absolute Gasteiger partial charge is 0.493 e. The molecule has 0 atom stereocenters. The Bertz CT molecular complexity index is 750. The molecule has 2 aromatic rings. The Morgan fingerprint density at radius 3 is 2.39 bits per heavy atom. The first-order valence-corrected chi connectivity index (χ1v) is 7.30. The number of aromatic amines is 1. The smallest absolute Gasteiger partial charge is 0.203 e. The molecule has 0 fully saturated rings. The molecule has 0 aliphatic carbocycles. The Kier molecular flexibility index (Phi) is 5.37. The molecule has 0 amide bonds. The third-order valence-corrected chi connectivity index (χ3v) is 3.87. The molecule has 6 nitrogen and oxygen atoms in total. The number of benzene rings is 1. The first-order valence-electron chi connectivity index (χ1n) is 6.92. The zero-order chi connectivity index (χ0) is 17.0. The van der Waals surface area contributed by atoms with Crippen LogP contribution in [0.25, 0.3) is 11.1 Å². The van der Waals surface area contributed by atoms with Gasteiger partial charge in [0, 0.05) is 23.2 Å². The SMILES string of the molecule is COc1ccc(-c2c(CCN)[nH]c(C#N)c2Cl)c(OC)c1OC. The van der Waals surface area contributed by atoms with E-state index in [0.717, 1.165) is 5.69 Å². The first kappa shape index (κ1) is 17.0. The Balaban J connectivity index is 2.76. The number of nitrogens with one attached hydrogen (secondary N) is 1. The summed E-state index contributed by atoms with van der Waals surface area (Å²) in [5, 5.41) is 9.54. The van der Waals surface area contributed by atoms with Crippen molar-refractivity contribution < 1.29 is 14.2 Å². The number of halogens is 1. The number of hydrogen-bond donors (Lipinski definition) is 2. The molecule has 0 spiro atoms. The van der Waals surface area contributed by atoms with E-state index in [9.17, 15) is 5.26 Å². The minimum absolute atomic E-state index is 0.293.